The zero-order valence-corrected chi connectivity index (χ0v) is 13.0. The van der Waals surface area contributed by atoms with Gasteiger partial charge in [0.25, 0.3) is 0 Å². The number of hydrogen-bond acceptors (Lipinski definition) is 3. The first-order valence-electron chi connectivity index (χ1n) is 6.39. The van der Waals surface area contributed by atoms with E-state index >= 15 is 0 Å². The largest absolute Gasteiger partial charge is 0.496 e. The Bertz CT molecular complexity index is 371. The highest BCUT2D eigenvalue weighted by Gasteiger charge is 2.12. The van der Waals surface area contributed by atoms with Crippen molar-refractivity contribution >= 4 is 15.9 Å². The van der Waals surface area contributed by atoms with Gasteiger partial charge in [-0.15, -0.1) is 0 Å². The fourth-order valence-corrected chi connectivity index (χ4v) is 2.57. The van der Waals surface area contributed by atoms with Crippen LogP contribution in [0.4, 0.5) is 0 Å². The molecule has 0 amide bonds. The van der Waals surface area contributed by atoms with Crippen LogP contribution in [0, 0.1) is 5.92 Å². The molecule has 3 nitrogen and oxygen atoms in total. The van der Waals surface area contributed by atoms with E-state index in [4.69, 9.17) is 10.6 Å². The van der Waals surface area contributed by atoms with Crippen molar-refractivity contribution in [2.75, 3.05) is 7.11 Å². The minimum Gasteiger partial charge on any atom is -0.496 e. The van der Waals surface area contributed by atoms with Gasteiger partial charge in [0, 0.05) is 6.04 Å². The number of hydrazine groups is 1. The number of rotatable bonds is 7. The second kappa shape index (κ2) is 7.77. The summed E-state index contributed by atoms with van der Waals surface area (Å²) in [5, 5.41) is 0. The Kier molecular flexibility index (Phi) is 6.68. The highest BCUT2D eigenvalue weighted by molar-refractivity contribution is 9.10. The van der Waals surface area contributed by atoms with Gasteiger partial charge in [0.1, 0.15) is 5.75 Å². The lowest BCUT2D eigenvalue weighted by Crippen LogP contribution is -2.38. The summed E-state index contributed by atoms with van der Waals surface area (Å²) < 4.78 is 6.21. The lowest BCUT2D eigenvalue weighted by Gasteiger charge is -2.19. The maximum atomic E-state index is 5.63. The van der Waals surface area contributed by atoms with Gasteiger partial charge >= 0.3 is 0 Å². The molecule has 0 radical (unpaired) electrons. The van der Waals surface area contributed by atoms with Gasteiger partial charge in [-0.2, -0.15) is 0 Å². The third-order valence-electron chi connectivity index (χ3n) is 3.32. The second-order valence-electron chi connectivity index (χ2n) is 4.79. The highest BCUT2D eigenvalue weighted by atomic mass is 79.9. The fourth-order valence-electron chi connectivity index (χ4n) is 1.98. The Morgan fingerprint density at radius 3 is 2.67 bits per heavy atom. The van der Waals surface area contributed by atoms with Gasteiger partial charge in [0.2, 0.25) is 0 Å². The Labute approximate surface area is 118 Å². The number of hydrogen-bond donors (Lipinski definition) is 2. The van der Waals surface area contributed by atoms with E-state index < -0.39 is 0 Å². The van der Waals surface area contributed by atoms with Crippen LogP contribution in [0.15, 0.2) is 22.7 Å². The van der Waals surface area contributed by atoms with Crippen LogP contribution in [0.5, 0.6) is 5.75 Å². The molecule has 1 aromatic carbocycles. The summed E-state index contributed by atoms with van der Waals surface area (Å²) in [6, 6.07) is 6.49. The van der Waals surface area contributed by atoms with Gasteiger partial charge in [0.15, 0.2) is 0 Å². The van der Waals surface area contributed by atoms with Crippen LogP contribution < -0.4 is 16.0 Å². The summed E-state index contributed by atoms with van der Waals surface area (Å²) in [5.41, 5.74) is 4.18. The van der Waals surface area contributed by atoms with Crippen molar-refractivity contribution in [3.8, 4) is 5.75 Å². The van der Waals surface area contributed by atoms with Gasteiger partial charge in [-0.1, -0.05) is 26.3 Å². The number of halogens is 1. The summed E-state index contributed by atoms with van der Waals surface area (Å²) in [7, 11) is 1.67. The molecule has 3 N–H and O–H groups in total. The predicted molar refractivity (Wildman–Crippen MR) is 79.6 cm³/mol. The molecular weight excluding hydrogens is 292 g/mol. The molecule has 0 aliphatic rings. The molecule has 0 saturated carbocycles. The zero-order valence-electron chi connectivity index (χ0n) is 11.4. The SMILES string of the molecule is CCC(C)CC(Cc1ccc(OC)c(Br)c1)NN. The molecule has 0 saturated heterocycles. The van der Waals surface area contributed by atoms with E-state index in [0.717, 1.165) is 23.1 Å². The van der Waals surface area contributed by atoms with E-state index in [1.165, 1.54) is 12.0 Å². The molecule has 0 aromatic heterocycles. The summed E-state index contributed by atoms with van der Waals surface area (Å²) in [4.78, 5) is 0. The van der Waals surface area contributed by atoms with Crippen LogP contribution in [0.25, 0.3) is 0 Å². The molecular formula is C14H23BrN2O. The first-order chi connectivity index (χ1) is 8.60. The highest BCUT2D eigenvalue weighted by Crippen LogP contribution is 2.26. The monoisotopic (exact) mass is 314 g/mol. The average Bonchev–Trinajstić information content (AvgIpc) is 2.38. The Hall–Kier alpha value is -0.580. The second-order valence-corrected chi connectivity index (χ2v) is 5.64. The number of benzene rings is 1. The number of ether oxygens (including phenoxy) is 1. The van der Waals surface area contributed by atoms with E-state index in [-0.39, 0.29) is 0 Å². The van der Waals surface area contributed by atoms with Crippen molar-refractivity contribution in [2.45, 2.75) is 39.2 Å². The summed E-state index contributed by atoms with van der Waals surface area (Å²) in [6.45, 7) is 4.47. The molecule has 0 aliphatic heterocycles. The molecule has 4 heteroatoms. The first-order valence-corrected chi connectivity index (χ1v) is 7.18. The van der Waals surface area contributed by atoms with Crippen LogP contribution in [0.1, 0.15) is 32.3 Å². The topological polar surface area (TPSA) is 47.3 Å². The van der Waals surface area contributed by atoms with E-state index in [1.54, 1.807) is 7.11 Å². The van der Waals surface area contributed by atoms with E-state index in [9.17, 15) is 0 Å². The van der Waals surface area contributed by atoms with Gasteiger partial charge in [0.05, 0.1) is 11.6 Å². The third kappa shape index (κ3) is 4.59. The van der Waals surface area contributed by atoms with E-state index in [0.29, 0.717) is 12.0 Å². The lowest BCUT2D eigenvalue weighted by molar-refractivity contribution is 0.395. The van der Waals surface area contributed by atoms with Crippen molar-refractivity contribution in [1.82, 2.24) is 5.43 Å². The van der Waals surface area contributed by atoms with Gasteiger partial charge in [-0.3, -0.25) is 11.3 Å². The molecule has 102 valence electrons. The van der Waals surface area contributed by atoms with Crippen molar-refractivity contribution in [2.24, 2.45) is 11.8 Å². The maximum absolute atomic E-state index is 5.63. The van der Waals surface area contributed by atoms with Gasteiger partial charge in [-0.05, 0) is 52.4 Å². The van der Waals surface area contributed by atoms with Crippen LogP contribution in [-0.4, -0.2) is 13.2 Å². The summed E-state index contributed by atoms with van der Waals surface area (Å²) in [6.07, 6.45) is 3.21. The molecule has 2 unspecified atom stereocenters. The number of methoxy groups -OCH3 is 1. The third-order valence-corrected chi connectivity index (χ3v) is 3.94. The van der Waals surface area contributed by atoms with Crippen LogP contribution in [0.3, 0.4) is 0 Å². The van der Waals surface area contributed by atoms with Crippen molar-refractivity contribution < 1.29 is 4.74 Å². The van der Waals surface area contributed by atoms with Crippen molar-refractivity contribution in [1.29, 1.82) is 0 Å². The molecule has 2 atom stereocenters. The van der Waals surface area contributed by atoms with Crippen LogP contribution in [0.2, 0.25) is 0 Å². The van der Waals surface area contributed by atoms with Gasteiger partial charge in [-0.25, -0.2) is 0 Å². The average molecular weight is 315 g/mol. The van der Waals surface area contributed by atoms with Gasteiger partial charge < -0.3 is 4.74 Å². The Morgan fingerprint density at radius 2 is 2.17 bits per heavy atom. The zero-order chi connectivity index (χ0) is 13.5. The smallest absolute Gasteiger partial charge is 0.133 e. The molecule has 0 spiro atoms. The normalized spacial score (nSPS) is 14.3. The standard InChI is InChI=1S/C14H23BrN2O/c1-4-10(2)7-12(17-16)8-11-5-6-14(18-3)13(15)9-11/h5-6,9-10,12,17H,4,7-8,16H2,1-3H3. The minimum absolute atomic E-state index is 0.320. The summed E-state index contributed by atoms with van der Waals surface area (Å²) in [5.74, 6) is 7.18. The number of nitrogens with two attached hydrogens (primary N) is 1. The van der Waals surface area contributed by atoms with Crippen molar-refractivity contribution in [3.63, 3.8) is 0 Å². The molecule has 18 heavy (non-hydrogen) atoms. The van der Waals surface area contributed by atoms with Crippen molar-refractivity contribution in [3.05, 3.63) is 28.2 Å². The number of nitrogens with one attached hydrogen (secondary N) is 1. The maximum Gasteiger partial charge on any atom is 0.133 e. The first kappa shape index (κ1) is 15.5. The molecule has 0 aliphatic carbocycles. The van der Waals surface area contributed by atoms with Crippen LogP contribution in [-0.2, 0) is 6.42 Å². The molecule has 0 fully saturated rings. The van der Waals surface area contributed by atoms with E-state index in [2.05, 4.69) is 47.3 Å². The molecule has 1 rings (SSSR count). The molecule has 0 bridgehead atoms. The summed E-state index contributed by atoms with van der Waals surface area (Å²) >= 11 is 3.51. The van der Waals surface area contributed by atoms with E-state index in [1.807, 2.05) is 6.07 Å². The minimum atomic E-state index is 0.320. The Morgan fingerprint density at radius 1 is 1.44 bits per heavy atom. The van der Waals surface area contributed by atoms with Crippen LogP contribution >= 0.6 is 15.9 Å². The molecule has 1 aromatic rings. The quantitative estimate of drug-likeness (QED) is 0.600. The molecule has 0 heterocycles. The predicted octanol–water partition coefficient (Wildman–Crippen LogP) is 3.27. The Balaban J connectivity index is 2.67. The lowest BCUT2D eigenvalue weighted by atomic mass is 9.95. The fraction of sp³-hybridized carbons (Fsp3) is 0.571.